The third kappa shape index (κ3) is 3.88. The number of benzene rings is 1. The number of imide groups is 1. The summed E-state index contributed by atoms with van der Waals surface area (Å²) in [6.07, 6.45) is -3.25. The zero-order valence-electron chi connectivity index (χ0n) is 14.6. The molecule has 0 fully saturated rings. The molecule has 0 aliphatic carbocycles. The molecule has 6 nitrogen and oxygen atoms in total. The van der Waals surface area contributed by atoms with E-state index in [2.05, 4.69) is 4.98 Å². The van der Waals surface area contributed by atoms with Gasteiger partial charge in [-0.25, -0.2) is 14.3 Å². The molecule has 1 aromatic heterocycles. The van der Waals surface area contributed by atoms with E-state index < -0.39 is 41.0 Å². The van der Waals surface area contributed by atoms with Crippen LogP contribution in [0.2, 0.25) is 5.02 Å². The smallest absolute Gasteiger partial charge is 0.413 e. The van der Waals surface area contributed by atoms with Gasteiger partial charge in [0.05, 0.1) is 27.9 Å². The normalized spacial score (nSPS) is 17.4. The topological polar surface area (TPSA) is 85.5 Å². The van der Waals surface area contributed by atoms with Crippen molar-refractivity contribution in [1.82, 2.24) is 4.98 Å². The summed E-state index contributed by atoms with van der Waals surface area (Å²) in [5, 5.41) is -0.229. The quantitative estimate of drug-likeness (QED) is 0.582. The van der Waals surface area contributed by atoms with Gasteiger partial charge in [-0.3, -0.25) is 9.59 Å². The van der Waals surface area contributed by atoms with Crippen LogP contribution in [0.15, 0.2) is 42.1 Å². The molecule has 2 amide bonds. The molecule has 0 bridgehead atoms. The highest BCUT2D eigenvalue weighted by atomic mass is 35.5. The minimum Gasteiger partial charge on any atom is -0.435 e. The number of rotatable bonds is 3. The first-order valence-corrected chi connectivity index (χ1v) is 8.42. The van der Waals surface area contributed by atoms with Gasteiger partial charge in [0.25, 0.3) is 5.91 Å². The van der Waals surface area contributed by atoms with Gasteiger partial charge in [0.2, 0.25) is 11.8 Å². The molecule has 2 N–H and O–H groups in total. The lowest BCUT2D eigenvalue weighted by molar-refractivity contribution is -0.134. The van der Waals surface area contributed by atoms with Crippen LogP contribution >= 0.6 is 11.6 Å². The van der Waals surface area contributed by atoms with E-state index in [-0.39, 0.29) is 28.4 Å². The summed E-state index contributed by atoms with van der Waals surface area (Å²) in [6.45, 7) is 0.973. The Hall–Kier alpha value is -3.14. The molecule has 11 heteroatoms. The van der Waals surface area contributed by atoms with E-state index >= 15 is 0 Å². The van der Waals surface area contributed by atoms with Crippen LogP contribution < -0.4 is 15.4 Å². The van der Waals surface area contributed by atoms with Gasteiger partial charge in [0.1, 0.15) is 11.6 Å². The van der Waals surface area contributed by atoms with Gasteiger partial charge in [-0.2, -0.15) is 13.2 Å². The van der Waals surface area contributed by atoms with E-state index in [0.29, 0.717) is 4.90 Å². The van der Waals surface area contributed by atoms with Crippen LogP contribution in [0.25, 0.3) is 0 Å². The first kappa shape index (κ1) is 20.6. The van der Waals surface area contributed by atoms with Crippen LogP contribution in [0.5, 0.6) is 11.6 Å². The molecule has 0 saturated heterocycles. The number of halogens is 5. The highest BCUT2D eigenvalue weighted by Gasteiger charge is 2.46. The second-order valence-electron chi connectivity index (χ2n) is 6.06. The van der Waals surface area contributed by atoms with Crippen molar-refractivity contribution >= 4 is 34.8 Å². The van der Waals surface area contributed by atoms with Crippen LogP contribution in [0.1, 0.15) is 6.92 Å². The molecule has 1 aliphatic rings. The average molecular weight is 430 g/mol. The maximum absolute atomic E-state index is 14.5. The third-order valence-corrected chi connectivity index (χ3v) is 4.43. The Labute approximate surface area is 166 Å². The number of pyridine rings is 1. The van der Waals surface area contributed by atoms with Crippen molar-refractivity contribution in [3.8, 4) is 11.6 Å². The van der Waals surface area contributed by atoms with Crippen molar-refractivity contribution in [2.45, 2.75) is 13.1 Å². The zero-order chi connectivity index (χ0) is 21.5. The molecule has 29 heavy (non-hydrogen) atoms. The first-order chi connectivity index (χ1) is 13.5. The number of aromatic nitrogens is 1. The SMILES string of the molecule is CC1C(=O)N(c2cc(Oc3ncccc3N)c(Cl)cc2F)C(=O)C=C1C(F)(F)F. The van der Waals surface area contributed by atoms with Gasteiger partial charge < -0.3 is 10.5 Å². The van der Waals surface area contributed by atoms with Gasteiger partial charge in [-0.05, 0) is 25.1 Å². The van der Waals surface area contributed by atoms with E-state index in [1.54, 1.807) is 0 Å². The lowest BCUT2D eigenvalue weighted by Crippen LogP contribution is -2.46. The Bertz CT molecular complexity index is 1040. The molecule has 152 valence electrons. The van der Waals surface area contributed by atoms with Crippen LogP contribution in [0.4, 0.5) is 28.9 Å². The molecule has 0 radical (unpaired) electrons. The first-order valence-electron chi connectivity index (χ1n) is 8.04. The van der Waals surface area contributed by atoms with Gasteiger partial charge in [0, 0.05) is 18.3 Å². The standard InChI is InChI=1S/C18H12ClF4N3O3/c1-8-9(18(21,22)23)5-15(27)26(17(8)28)13-7-14(10(19)6-11(13)20)29-16-12(24)3-2-4-25-16/h2-8H,24H2,1H3. The van der Waals surface area contributed by atoms with E-state index in [9.17, 15) is 27.2 Å². The minimum atomic E-state index is -4.87. The zero-order valence-corrected chi connectivity index (χ0v) is 15.4. The molecular weight excluding hydrogens is 418 g/mol. The number of carbonyl (C=O) groups excluding carboxylic acids is 2. The Morgan fingerprint density at radius 2 is 1.97 bits per heavy atom. The monoisotopic (exact) mass is 429 g/mol. The van der Waals surface area contributed by atoms with Gasteiger partial charge in [0.15, 0.2) is 0 Å². The number of hydrogen-bond acceptors (Lipinski definition) is 5. The average Bonchev–Trinajstić information content (AvgIpc) is 2.62. The van der Waals surface area contributed by atoms with Gasteiger partial charge in [-0.1, -0.05) is 11.6 Å². The van der Waals surface area contributed by atoms with Gasteiger partial charge >= 0.3 is 6.18 Å². The van der Waals surface area contributed by atoms with Crippen LogP contribution in [-0.2, 0) is 9.59 Å². The van der Waals surface area contributed by atoms with Crippen LogP contribution in [0.3, 0.4) is 0 Å². The third-order valence-electron chi connectivity index (χ3n) is 4.13. The molecular formula is C18H12ClF4N3O3. The largest absolute Gasteiger partial charge is 0.435 e. The van der Waals surface area contributed by atoms with Gasteiger partial charge in [-0.15, -0.1) is 0 Å². The van der Waals surface area contributed by atoms with Crippen molar-refractivity contribution in [1.29, 1.82) is 0 Å². The lowest BCUT2D eigenvalue weighted by atomic mass is 9.94. The number of carbonyl (C=O) groups is 2. The number of hydrogen-bond donors (Lipinski definition) is 1. The number of alkyl halides is 3. The fraction of sp³-hybridized carbons (Fsp3) is 0.167. The number of amides is 2. The molecule has 1 atom stereocenters. The molecule has 1 aromatic carbocycles. The van der Waals surface area contributed by atoms with Crippen molar-refractivity contribution in [3.05, 3.63) is 53.0 Å². The molecule has 1 aliphatic heterocycles. The predicted molar refractivity (Wildman–Crippen MR) is 95.9 cm³/mol. The summed E-state index contributed by atoms with van der Waals surface area (Å²) < 4.78 is 59.0. The number of ether oxygens (including phenoxy) is 1. The maximum atomic E-state index is 14.5. The van der Waals surface area contributed by atoms with Crippen LogP contribution in [-0.4, -0.2) is 23.0 Å². The molecule has 3 rings (SSSR count). The Morgan fingerprint density at radius 1 is 1.28 bits per heavy atom. The number of anilines is 2. The van der Waals surface area contributed by atoms with E-state index in [4.69, 9.17) is 22.1 Å². The number of nitrogens with zero attached hydrogens (tertiary/aromatic N) is 2. The molecule has 0 saturated carbocycles. The fourth-order valence-corrected chi connectivity index (χ4v) is 2.87. The van der Waals surface area contributed by atoms with Crippen molar-refractivity contribution < 1.29 is 31.9 Å². The Kier molecular flexibility index (Phi) is 5.22. The number of nitrogen functional groups attached to an aromatic ring is 1. The van der Waals surface area contributed by atoms with Crippen LogP contribution in [0, 0.1) is 11.7 Å². The maximum Gasteiger partial charge on any atom is 0.413 e. The summed E-state index contributed by atoms with van der Waals surface area (Å²) >= 11 is 5.94. The summed E-state index contributed by atoms with van der Waals surface area (Å²) in [5.41, 5.74) is 3.92. The van der Waals surface area contributed by atoms with E-state index in [1.807, 2.05) is 0 Å². The number of nitrogens with two attached hydrogens (primary N) is 1. The summed E-state index contributed by atoms with van der Waals surface area (Å²) in [5.74, 6) is -5.67. The van der Waals surface area contributed by atoms with E-state index in [1.165, 1.54) is 18.3 Å². The Morgan fingerprint density at radius 3 is 2.59 bits per heavy atom. The highest BCUT2D eigenvalue weighted by molar-refractivity contribution is 6.32. The lowest BCUT2D eigenvalue weighted by Gasteiger charge is -2.30. The summed E-state index contributed by atoms with van der Waals surface area (Å²) in [7, 11) is 0. The molecule has 2 heterocycles. The minimum absolute atomic E-state index is 0.0733. The fourth-order valence-electron chi connectivity index (χ4n) is 2.68. The Balaban J connectivity index is 2.05. The van der Waals surface area contributed by atoms with Crippen molar-refractivity contribution in [2.24, 2.45) is 5.92 Å². The van der Waals surface area contributed by atoms with Crippen molar-refractivity contribution in [2.75, 3.05) is 10.6 Å². The second kappa shape index (κ2) is 7.36. The second-order valence-corrected chi connectivity index (χ2v) is 6.47. The highest BCUT2D eigenvalue weighted by Crippen LogP contribution is 2.40. The summed E-state index contributed by atoms with van der Waals surface area (Å²) in [4.78, 5) is 28.9. The van der Waals surface area contributed by atoms with Crippen molar-refractivity contribution in [3.63, 3.8) is 0 Å². The predicted octanol–water partition coefficient (Wildman–Crippen LogP) is 4.25. The molecule has 0 spiro atoms. The van der Waals surface area contributed by atoms with E-state index in [0.717, 1.165) is 19.1 Å². The molecule has 1 unspecified atom stereocenters. The molecule has 2 aromatic rings. The summed E-state index contributed by atoms with van der Waals surface area (Å²) in [6, 6.07) is 4.70.